The standard InChI is InChI=1S/C21H18Cl2N2O3S/c1-14-2-4-15(5-3-14)12-21(26)24-17-7-9-18(10-8-17)29(27,28)25-20-11-6-16(22)13-19(20)23/h2-11,13,25H,12H2,1H3,(H,24,26). The van der Waals surface area contributed by atoms with Crippen LogP contribution in [0.15, 0.2) is 71.6 Å². The normalized spacial score (nSPS) is 11.1. The van der Waals surface area contributed by atoms with Crippen molar-refractivity contribution in [3.8, 4) is 0 Å². The Balaban J connectivity index is 1.67. The van der Waals surface area contributed by atoms with Gasteiger partial charge in [-0.3, -0.25) is 9.52 Å². The average molecular weight is 449 g/mol. The summed E-state index contributed by atoms with van der Waals surface area (Å²) in [5.74, 6) is -0.185. The molecular formula is C21H18Cl2N2O3S. The minimum Gasteiger partial charge on any atom is -0.326 e. The molecule has 0 aliphatic heterocycles. The zero-order chi connectivity index (χ0) is 21.0. The summed E-state index contributed by atoms with van der Waals surface area (Å²) in [5.41, 5.74) is 2.76. The van der Waals surface area contributed by atoms with Gasteiger partial charge in [0.2, 0.25) is 5.91 Å². The van der Waals surface area contributed by atoms with E-state index >= 15 is 0 Å². The molecule has 8 heteroatoms. The zero-order valence-corrected chi connectivity index (χ0v) is 17.8. The smallest absolute Gasteiger partial charge is 0.261 e. The van der Waals surface area contributed by atoms with E-state index in [0.717, 1.165) is 11.1 Å². The number of aryl methyl sites for hydroxylation is 1. The van der Waals surface area contributed by atoms with Crippen molar-refractivity contribution in [3.63, 3.8) is 0 Å². The Morgan fingerprint density at radius 3 is 2.21 bits per heavy atom. The molecular weight excluding hydrogens is 431 g/mol. The number of hydrogen-bond acceptors (Lipinski definition) is 3. The molecule has 0 unspecified atom stereocenters. The summed E-state index contributed by atoms with van der Waals surface area (Å²) in [5, 5.41) is 3.36. The van der Waals surface area contributed by atoms with Crippen molar-refractivity contribution in [1.82, 2.24) is 0 Å². The van der Waals surface area contributed by atoms with Gasteiger partial charge >= 0.3 is 0 Å². The van der Waals surface area contributed by atoms with E-state index in [4.69, 9.17) is 23.2 Å². The average Bonchev–Trinajstić information content (AvgIpc) is 2.66. The maximum absolute atomic E-state index is 12.6. The maximum Gasteiger partial charge on any atom is 0.261 e. The van der Waals surface area contributed by atoms with E-state index in [9.17, 15) is 13.2 Å². The van der Waals surface area contributed by atoms with Crippen molar-refractivity contribution in [2.24, 2.45) is 0 Å². The minimum absolute atomic E-state index is 0.0417. The summed E-state index contributed by atoms with van der Waals surface area (Å²) in [6.07, 6.45) is 0.233. The van der Waals surface area contributed by atoms with E-state index in [-0.39, 0.29) is 27.9 Å². The number of amides is 1. The Morgan fingerprint density at radius 1 is 0.931 bits per heavy atom. The van der Waals surface area contributed by atoms with Crippen molar-refractivity contribution in [2.75, 3.05) is 10.0 Å². The summed E-state index contributed by atoms with van der Waals surface area (Å²) < 4.78 is 27.5. The van der Waals surface area contributed by atoms with E-state index in [2.05, 4.69) is 10.0 Å². The van der Waals surface area contributed by atoms with Crippen LogP contribution in [0.2, 0.25) is 10.0 Å². The molecule has 150 valence electrons. The number of rotatable bonds is 6. The highest BCUT2D eigenvalue weighted by molar-refractivity contribution is 7.92. The second kappa shape index (κ2) is 8.86. The largest absolute Gasteiger partial charge is 0.326 e. The monoisotopic (exact) mass is 448 g/mol. The second-order valence-corrected chi connectivity index (χ2v) is 8.99. The van der Waals surface area contributed by atoms with E-state index < -0.39 is 10.0 Å². The van der Waals surface area contributed by atoms with Crippen molar-refractivity contribution < 1.29 is 13.2 Å². The van der Waals surface area contributed by atoms with Gasteiger partial charge in [0.05, 0.1) is 22.0 Å². The third kappa shape index (κ3) is 5.73. The highest BCUT2D eigenvalue weighted by Crippen LogP contribution is 2.27. The Hall–Kier alpha value is -2.54. The predicted molar refractivity (Wildman–Crippen MR) is 117 cm³/mol. The van der Waals surface area contributed by atoms with Gasteiger partial charge < -0.3 is 5.32 Å². The summed E-state index contributed by atoms with van der Waals surface area (Å²) >= 11 is 11.8. The third-order valence-corrected chi connectivity index (χ3v) is 6.04. The van der Waals surface area contributed by atoms with Crippen molar-refractivity contribution in [1.29, 1.82) is 0 Å². The number of halogens is 2. The molecule has 0 saturated heterocycles. The predicted octanol–water partition coefficient (Wildman–Crippen LogP) is 5.28. The lowest BCUT2D eigenvalue weighted by Gasteiger charge is -2.11. The van der Waals surface area contributed by atoms with Crippen LogP contribution in [-0.4, -0.2) is 14.3 Å². The van der Waals surface area contributed by atoms with Gasteiger partial charge in [0.1, 0.15) is 0 Å². The van der Waals surface area contributed by atoms with E-state index in [1.165, 1.54) is 42.5 Å². The van der Waals surface area contributed by atoms with Gasteiger partial charge in [-0.25, -0.2) is 8.42 Å². The van der Waals surface area contributed by atoms with Crippen LogP contribution in [-0.2, 0) is 21.2 Å². The molecule has 0 spiro atoms. The molecule has 0 aliphatic carbocycles. The number of hydrogen-bond donors (Lipinski definition) is 2. The molecule has 0 fully saturated rings. The lowest BCUT2D eigenvalue weighted by molar-refractivity contribution is -0.115. The first-order valence-electron chi connectivity index (χ1n) is 8.66. The Labute approximate surface area is 179 Å². The molecule has 0 heterocycles. The maximum atomic E-state index is 12.6. The number of carbonyl (C=O) groups excluding carboxylic acids is 1. The molecule has 0 radical (unpaired) electrons. The van der Waals surface area contributed by atoms with E-state index in [1.54, 1.807) is 0 Å². The second-order valence-electron chi connectivity index (χ2n) is 6.46. The number of carbonyl (C=O) groups is 1. The van der Waals surface area contributed by atoms with Crippen LogP contribution in [0.25, 0.3) is 0 Å². The zero-order valence-electron chi connectivity index (χ0n) is 15.4. The molecule has 0 aliphatic rings. The van der Waals surface area contributed by atoms with Gasteiger partial charge in [-0.1, -0.05) is 53.0 Å². The van der Waals surface area contributed by atoms with Gasteiger partial charge in [0, 0.05) is 10.7 Å². The molecule has 5 nitrogen and oxygen atoms in total. The molecule has 2 N–H and O–H groups in total. The first-order chi connectivity index (χ1) is 13.7. The molecule has 0 aromatic heterocycles. The molecule has 1 amide bonds. The van der Waals surface area contributed by atoms with Crippen LogP contribution in [0.4, 0.5) is 11.4 Å². The highest BCUT2D eigenvalue weighted by atomic mass is 35.5. The van der Waals surface area contributed by atoms with Gasteiger partial charge in [0.15, 0.2) is 0 Å². The van der Waals surface area contributed by atoms with Gasteiger partial charge in [0.25, 0.3) is 10.0 Å². The summed E-state index contributed by atoms with van der Waals surface area (Å²) in [7, 11) is -3.84. The fourth-order valence-corrected chi connectivity index (χ4v) is 4.18. The van der Waals surface area contributed by atoms with Gasteiger partial charge in [-0.05, 0) is 55.0 Å². The van der Waals surface area contributed by atoms with E-state index in [1.807, 2.05) is 31.2 Å². The summed E-state index contributed by atoms with van der Waals surface area (Å²) in [6, 6.07) is 18.1. The van der Waals surface area contributed by atoms with Crippen molar-refractivity contribution in [2.45, 2.75) is 18.2 Å². The lowest BCUT2D eigenvalue weighted by atomic mass is 10.1. The molecule has 0 bridgehead atoms. The Morgan fingerprint density at radius 2 is 1.59 bits per heavy atom. The quantitative estimate of drug-likeness (QED) is 0.538. The van der Waals surface area contributed by atoms with Gasteiger partial charge in [-0.15, -0.1) is 0 Å². The van der Waals surface area contributed by atoms with Crippen LogP contribution < -0.4 is 10.0 Å². The molecule has 3 aromatic rings. The Kier molecular flexibility index (Phi) is 6.47. The Bertz CT molecular complexity index is 1130. The number of sulfonamides is 1. The lowest BCUT2D eigenvalue weighted by Crippen LogP contribution is -2.15. The number of nitrogens with one attached hydrogen (secondary N) is 2. The molecule has 0 atom stereocenters. The highest BCUT2D eigenvalue weighted by Gasteiger charge is 2.16. The summed E-state index contributed by atoms with van der Waals surface area (Å²) in [4.78, 5) is 12.2. The summed E-state index contributed by atoms with van der Waals surface area (Å²) in [6.45, 7) is 1.98. The first kappa shape index (κ1) is 21.2. The van der Waals surface area contributed by atoms with Crippen LogP contribution in [0.3, 0.4) is 0 Å². The molecule has 29 heavy (non-hydrogen) atoms. The first-order valence-corrected chi connectivity index (χ1v) is 10.9. The fourth-order valence-electron chi connectivity index (χ4n) is 2.59. The van der Waals surface area contributed by atoms with Crippen LogP contribution in [0, 0.1) is 6.92 Å². The third-order valence-electron chi connectivity index (χ3n) is 4.11. The van der Waals surface area contributed by atoms with E-state index in [0.29, 0.717) is 10.7 Å². The SMILES string of the molecule is Cc1ccc(CC(=O)Nc2ccc(S(=O)(=O)Nc3ccc(Cl)cc3Cl)cc2)cc1. The fraction of sp³-hybridized carbons (Fsp3) is 0.0952. The minimum atomic E-state index is -3.84. The van der Waals surface area contributed by atoms with Crippen LogP contribution in [0.5, 0.6) is 0 Å². The molecule has 3 rings (SSSR count). The topological polar surface area (TPSA) is 75.3 Å². The van der Waals surface area contributed by atoms with Crippen LogP contribution >= 0.6 is 23.2 Å². The molecule has 0 saturated carbocycles. The van der Waals surface area contributed by atoms with Crippen molar-refractivity contribution in [3.05, 3.63) is 87.9 Å². The number of anilines is 2. The van der Waals surface area contributed by atoms with Gasteiger partial charge in [-0.2, -0.15) is 0 Å². The number of benzene rings is 3. The van der Waals surface area contributed by atoms with Crippen LogP contribution in [0.1, 0.15) is 11.1 Å². The van der Waals surface area contributed by atoms with Crippen molar-refractivity contribution >= 4 is 50.5 Å². The molecule has 3 aromatic carbocycles.